The molecule has 3 rings (SSSR count). The van der Waals surface area contributed by atoms with E-state index in [1.807, 2.05) is 55.6 Å². The Balaban J connectivity index is 1.57. The summed E-state index contributed by atoms with van der Waals surface area (Å²) >= 11 is 0. The second-order valence-corrected chi connectivity index (χ2v) is 6.26. The minimum atomic E-state index is -0.567. The number of aliphatic hydroxyl groups excluding tert-OH is 1. The maximum Gasteiger partial charge on any atom is 0.248 e. The van der Waals surface area contributed by atoms with Gasteiger partial charge in [0.1, 0.15) is 11.9 Å². The van der Waals surface area contributed by atoms with Gasteiger partial charge in [0.05, 0.1) is 6.10 Å². The summed E-state index contributed by atoms with van der Waals surface area (Å²) in [5.74, 6) is 0.687. The summed E-state index contributed by atoms with van der Waals surface area (Å²) in [6, 6.07) is 14.8. The maximum atomic E-state index is 11.4. The number of hydrogen-bond donors (Lipinski definition) is 2. The van der Waals surface area contributed by atoms with E-state index in [0.29, 0.717) is 12.2 Å². The first-order chi connectivity index (χ1) is 12.6. The largest absolute Gasteiger partial charge is 0.488 e. The van der Waals surface area contributed by atoms with Gasteiger partial charge in [0.15, 0.2) is 0 Å². The molecular formula is C21H22N2O3. The van der Waals surface area contributed by atoms with Crippen molar-refractivity contribution in [2.75, 3.05) is 0 Å². The molecule has 0 saturated heterocycles. The fraction of sp³-hybridized carbons (Fsp3) is 0.238. The molecule has 0 spiro atoms. The number of aromatic amines is 1. The van der Waals surface area contributed by atoms with Gasteiger partial charge < -0.3 is 14.8 Å². The third-order valence-corrected chi connectivity index (χ3v) is 4.28. The van der Waals surface area contributed by atoms with Crippen molar-refractivity contribution in [2.45, 2.75) is 32.0 Å². The van der Waals surface area contributed by atoms with E-state index >= 15 is 0 Å². The molecule has 0 fully saturated rings. The number of pyridine rings is 2. The highest BCUT2D eigenvalue weighted by Crippen LogP contribution is 2.22. The second kappa shape index (κ2) is 8.45. The standard InChI is InChI=1S/C21H22N2O3/c1-15(20(24)9-4-16-3-2-11-22-14-16)26-19-7-5-17(6-8-19)18-10-12-23-21(25)13-18/h2-3,5-8,10-15,20,24H,4,9H2,1H3,(H,23,25). The molecule has 0 radical (unpaired) electrons. The van der Waals surface area contributed by atoms with Crippen LogP contribution in [0.25, 0.3) is 11.1 Å². The Morgan fingerprint density at radius 3 is 2.65 bits per heavy atom. The van der Waals surface area contributed by atoms with Gasteiger partial charge in [-0.15, -0.1) is 0 Å². The van der Waals surface area contributed by atoms with Gasteiger partial charge in [-0.2, -0.15) is 0 Å². The number of aromatic nitrogens is 2. The van der Waals surface area contributed by atoms with Crippen LogP contribution in [0, 0.1) is 0 Å². The molecule has 0 aliphatic carbocycles. The van der Waals surface area contributed by atoms with E-state index in [-0.39, 0.29) is 11.7 Å². The van der Waals surface area contributed by atoms with E-state index < -0.39 is 6.10 Å². The first-order valence-electron chi connectivity index (χ1n) is 8.64. The summed E-state index contributed by atoms with van der Waals surface area (Å²) in [5.41, 5.74) is 2.76. The van der Waals surface area contributed by atoms with E-state index in [2.05, 4.69) is 9.97 Å². The molecule has 0 saturated carbocycles. The van der Waals surface area contributed by atoms with Crippen molar-refractivity contribution < 1.29 is 9.84 Å². The summed E-state index contributed by atoms with van der Waals surface area (Å²) in [5, 5.41) is 10.3. The normalized spacial score (nSPS) is 13.2. The van der Waals surface area contributed by atoms with Crippen LogP contribution in [0.3, 0.4) is 0 Å². The zero-order valence-electron chi connectivity index (χ0n) is 14.6. The number of nitrogens with one attached hydrogen (secondary N) is 1. The van der Waals surface area contributed by atoms with Crippen LogP contribution in [0.2, 0.25) is 0 Å². The van der Waals surface area contributed by atoms with Crippen molar-refractivity contribution in [1.82, 2.24) is 9.97 Å². The van der Waals surface area contributed by atoms with Crippen LogP contribution in [-0.2, 0) is 6.42 Å². The van der Waals surface area contributed by atoms with Crippen LogP contribution >= 0.6 is 0 Å². The summed E-state index contributed by atoms with van der Waals surface area (Å²) in [7, 11) is 0. The number of aryl methyl sites for hydroxylation is 1. The van der Waals surface area contributed by atoms with Gasteiger partial charge in [-0.25, -0.2) is 0 Å². The molecule has 1 aromatic carbocycles. The van der Waals surface area contributed by atoms with Gasteiger partial charge in [0.25, 0.3) is 0 Å². The number of benzene rings is 1. The molecule has 2 N–H and O–H groups in total. The summed E-state index contributed by atoms with van der Waals surface area (Å²) in [6.45, 7) is 1.86. The molecule has 0 amide bonds. The van der Waals surface area contributed by atoms with Crippen molar-refractivity contribution in [3.8, 4) is 16.9 Å². The van der Waals surface area contributed by atoms with Gasteiger partial charge in [-0.05, 0) is 60.7 Å². The first-order valence-corrected chi connectivity index (χ1v) is 8.64. The predicted octanol–water partition coefficient (Wildman–Crippen LogP) is 3.20. The third-order valence-electron chi connectivity index (χ3n) is 4.28. The highest BCUT2D eigenvalue weighted by Gasteiger charge is 2.16. The minimum Gasteiger partial charge on any atom is -0.488 e. The van der Waals surface area contributed by atoms with Crippen LogP contribution in [0.4, 0.5) is 0 Å². The van der Waals surface area contributed by atoms with E-state index in [9.17, 15) is 9.90 Å². The molecule has 2 atom stereocenters. The molecule has 134 valence electrons. The average Bonchev–Trinajstić information content (AvgIpc) is 2.67. The number of H-pyrrole nitrogens is 1. The van der Waals surface area contributed by atoms with Crippen LogP contribution in [0.15, 0.2) is 71.9 Å². The lowest BCUT2D eigenvalue weighted by atomic mass is 10.1. The molecular weight excluding hydrogens is 328 g/mol. The van der Waals surface area contributed by atoms with Gasteiger partial charge in [-0.3, -0.25) is 9.78 Å². The first kappa shape index (κ1) is 17.9. The summed E-state index contributed by atoms with van der Waals surface area (Å²) in [4.78, 5) is 18.1. The number of ether oxygens (including phenoxy) is 1. The van der Waals surface area contributed by atoms with Gasteiger partial charge >= 0.3 is 0 Å². The third kappa shape index (κ3) is 4.80. The van der Waals surface area contributed by atoms with Crippen molar-refractivity contribution in [3.05, 3.63) is 83.0 Å². The Morgan fingerprint density at radius 2 is 1.96 bits per heavy atom. The Bertz CT molecular complexity index is 876. The lowest BCUT2D eigenvalue weighted by Crippen LogP contribution is -2.29. The zero-order chi connectivity index (χ0) is 18.4. The monoisotopic (exact) mass is 350 g/mol. The molecule has 0 aliphatic rings. The second-order valence-electron chi connectivity index (χ2n) is 6.26. The van der Waals surface area contributed by atoms with Gasteiger partial charge in [0.2, 0.25) is 5.56 Å². The van der Waals surface area contributed by atoms with E-state index in [0.717, 1.165) is 23.1 Å². The molecule has 0 aliphatic heterocycles. The Labute approximate surface area is 152 Å². The molecule has 0 bridgehead atoms. The predicted molar refractivity (Wildman–Crippen MR) is 101 cm³/mol. The molecule has 26 heavy (non-hydrogen) atoms. The number of nitrogens with zero attached hydrogens (tertiary/aromatic N) is 1. The Morgan fingerprint density at radius 1 is 1.15 bits per heavy atom. The fourth-order valence-electron chi connectivity index (χ4n) is 2.74. The lowest BCUT2D eigenvalue weighted by molar-refractivity contribution is 0.0420. The number of aliphatic hydroxyl groups is 1. The fourth-order valence-corrected chi connectivity index (χ4v) is 2.74. The highest BCUT2D eigenvalue weighted by molar-refractivity contribution is 5.63. The molecule has 2 heterocycles. The molecule has 3 aromatic rings. The van der Waals surface area contributed by atoms with Crippen molar-refractivity contribution in [1.29, 1.82) is 0 Å². The molecule has 2 unspecified atom stereocenters. The van der Waals surface area contributed by atoms with Crippen LogP contribution in [0.5, 0.6) is 5.75 Å². The van der Waals surface area contributed by atoms with Crippen molar-refractivity contribution in [3.63, 3.8) is 0 Å². The van der Waals surface area contributed by atoms with Gasteiger partial charge in [-0.1, -0.05) is 18.2 Å². The maximum absolute atomic E-state index is 11.4. The smallest absolute Gasteiger partial charge is 0.248 e. The number of rotatable bonds is 7. The lowest BCUT2D eigenvalue weighted by Gasteiger charge is -2.20. The molecule has 5 nitrogen and oxygen atoms in total. The zero-order valence-corrected chi connectivity index (χ0v) is 14.6. The number of hydrogen-bond acceptors (Lipinski definition) is 4. The molecule has 2 aromatic heterocycles. The average molecular weight is 350 g/mol. The molecule has 5 heteroatoms. The van der Waals surface area contributed by atoms with Crippen molar-refractivity contribution in [2.24, 2.45) is 0 Å². The summed E-state index contributed by atoms with van der Waals surface area (Å²) in [6.07, 6.45) is 5.65. The van der Waals surface area contributed by atoms with Crippen LogP contribution in [-0.4, -0.2) is 27.3 Å². The van der Waals surface area contributed by atoms with Crippen molar-refractivity contribution >= 4 is 0 Å². The van der Waals surface area contributed by atoms with E-state index in [4.69, 9.17) is 4.74 Å². The summed E-state index contributed by atoms with van der Waals surface area (Å²) < 4.78 is 5.85. The Hall–Kier alpha value is -2.92. The van der Waals surface area contributed by atoms with Crippen LogP contribution in [0.1, 0.15) is 18.9 Å². The minimum absolute atomic E-state index is 0.131. The SMILES string of the molecule is CC(Oc1ccc(-c2cc[nH]c(=O)c2)cc1)C(O)CCc1cccnc1. The van der Waals surface area contributed by atoms with E-state index in [1.54, 1.807) is 18.5 Å². The van der Waals surface area contributed by atoms with E-state index in [1.165, 1.54) is 0 Å². The van der Waals surface area contributed by atoms with Crippen LogP contribution < -0.4 is 10.3 Å². The Kier molecular flexibility index (Phi) is 5.81. The highest BCUT2D eigenvalue weighted by atomic mass is 16.5. The topological polar surface area (TPSA) is 75.2 Å². The quantitative estimate of drug-likeness (QED) is 0.686. The van der Waals surface area contributed by atoms with Gasteiger partial charge in [0, 0.05) is 24.7 Å².